The van der Waals surface area contributed by atoms with E-state index in [9.17, 15) is 9.18 Å². The van der Waals surface area contributed by atoms with Crippen molar-refractivity contribution in [1.82, 2.24) is 0 Å². The van der Waals surface area contributed by atoms with Crippen LogP contribution in [0.25, 0.3) is 0 Å². The summed E-state index contributed by atoms with van der Waals surface area (Å²) in [5.74, 6) is -0.510. The van der Waals surface area contributed by atoms with Crippen LogP contribution in [0.2, 0.25) is 5.02 Å². The second-order valence-electron chi connectivity index (χ2n) is 4.43. The lowest BCUT2D eigenvalue weighted by atomic mass is 10.1. The Morgan fingerprint density at radius 1 is 1.30 bits per heavy atom. The highest BCUT2D eigenvalue weighted by molar-refractivity contribution is 6.30. The zero-order valence-electron chi connectivity index (χ0n) is 10.2. The summed E-state index contributed by atoms with van der Waals surface area (Å²) in [7, 11) is 0. The lowest BCUT2D eigenvalue weighted by molar-refractivity contribution is -0.115. The fourth-order valence-corrected chi connectivity index (χ4v) is 2.21. The number of amides is 1. The first kappa shape index (κ1) is 12.7. The Balaban J connectivity index is 1.98. The van der Waals surface area contributed by atoms with Gasteiger partial charge in [-0.25, -0.2) is 4.39 Å². The molecule has 0 saturated heterocycles. The number of halogens is 2. The van der Waals surface area contributed by atoms with E-state index in [0.29, 0.717) is 11.4 Å². The van der Waals surface area contributed by atoms with Gasteiger partial charge in [0.05, 0.1) is 17.1 Å². The van der Waals surface area contributed by atoms with Gasteiger partial charge < -0.3 is 15.8 Å². The molecular weight excluding hydrogens is 283 g/mol. The zero-order chi connectivity index (χ0) is 14.3. The minimum Gasteiger partial charge on any atom is -0.452 e. The summed E-state index contributed by atoms with van der Waals surface area (Å²) in [5.41, 5.74) is 7.61. The maximum absolute atomic E-state index is 13.8. The Hall–Kier alpha value is -2.27. The molecule has 0 unspecified atom stereocenters. The molecule has 3 N–H and O–H groups in total. The minimum absolute atomic E-state index is 0.0199. The third-order valence-electron chi connectivity index (χ3n) is 3.00. The van der Waals surface area contributed by atoms with Crippen molar-refractivity contribution in [3.63, 3.8) is 0 Å². The van der Waals surface area contributed by atoms with Crippen LogP contribution in [0, 0.1) is 5.82 Å². The summed E-state index contributed by atoms with van der Waals surface area (Å²) in [6, 6.07) is 7.68. The fraction of sp³-hybridized carbons (Fsp3) is 0.0714. The fourth-order valence-electron chi connectivity index (χ4n) is 2.04. The Labute approximate surface area is 119 Å². The van der Waals surface area contributed by atoms with Gasteiger partial charge in [-0.2, -0.15) is 0 Å². The van der Waals surface area contributed by atoms with Gasteiger partial charge in [0.15, 0.2) is 17.3 Å². The number of nitrogen functional groups attached to an aromatic ring is 1. The normalized spacial score (nSPS) is 13.0. The number of benzene rings is 2. The van der Waals surface area contributed by atoms with Gasteiger partial charge in [-0.15, -0.1) is 0 Å². The number of hydrogen-bond acceptors (Lipinski definition) is 3. The molecule has 2 aromatic carbocycles. The van der Waals surface area contributed by atoms with Crippen molar-refractivity contribution < 1.29 is 13.9 Å². The van der Waals surface area contributed by atoms with E-state index in [2.05, 4.69) is 5.32 Å². The number of fused-ring (bicyclic) bond motifs is 1. The average molecular weight is 293 g/mol. The Kier molecular flexibility index (Phi) is 2.99. The van der Waals surface area contributed by atoms with Crippen LogP contribution in [-0.2, 0) is 11.2 Å². The number of nitrogens with one attached hydrogen (secondary N) is 1. The molecule has 3 rings (SSSR count). The molecule has 1 amide bonds. The van der Waals surface area contributed by atoms with E-state index in [1.54, 1.807) is 18.2 Å². The van der Waals surface area contributed by atoms with E-state index in [0.717, 1.165) is 5.56 Å². The molecular formula is C14H10ClFN2O2. The molecule has 0 fully saturated rings. The van der Waals surface area contributed by atoms with Crippen LogP contribution in [-0.4, -0.2) is 5.91 Å². The number of carbonyl (C=O) groups is 1. The lowest BCUT2D eigenvalue weighted by Gasteiger charge is -2.11. The maximum Gasteiger partial charge on any atom is 0.228 e. The topological polar surface area (TPSA) is 64.3 Å². The van der Waals surface area contributed by atoms with Crippen LogP contribution in [0.4, 0.5) is 15.8 Å². The quantitative estimate of drug-likeness (QED) is 0.834. The van der Waals surface area contributed by atoms with Crippen LogP contribution in [0.1, 0.15) is 5.56 Å². The average Bonchev–Trinajstić information content (AvgIpc) is 2.74. The summed E-state index contributed by atoms with van der Waals surface area (Å²) in [4.78, 5) is 11.3. The highest BCUT2D eigenvalue weighted by Gasteiger charge is 2.20. The number of anilines is 2. The molecule has 102 valence electrons. The van der Waals surface area contributed by atoms with Crippen molar-refractivity contribution in [3.05, 3.63) is 46.7 Å². The SMILES string of the molecule is Nc1cc2c(cc1Oc1cccc(Cl)c1F)NC(=O)C2. The third-order valence-corrected chi connectivity index (χ3v) is 3.29. The first-order chi connectivity index (χ1) is 9.54. The molecule has 0 radical (unpaired) electrons. The van der Waals surface area contributed by atoms with Gasteiger partial charge in [-0.1, -0.05) is 17.7 Å². The smallest absolute Gasteiger partial charge is 0.228 e. The number of hydrogen-bond donors (Lipinski definition) is 2. The number of carbonyl (C=O) groups excluding carboxylic acids is 1. The second kappa shape index (κ2) is 4.68. The molecule has 2 aromatic rings. The van der Waals surface area contributed by atoms with E-state index in [-0.39, 0.29) is 28.8 Å². The summed E-state index contributed by atoms with van der Waals surface area (Å²) < 4.78 is 19.2. The van der Waals surface area contributed by atoms with E-state index in [1.807, 2.05) is 0 Å². The summed E-state index contributed by atoms with van der Waals surface area (Å²) in [6.07, 6.45) is 0.283. The van der Waals surface area contributed by atoms with Crippen LogP contribution >= 0.6 is 11.6 Å². The first-order valence-corrected chi connectivity index (χ1v) is 6.26. The van der Waals surface area contributed by atoms with Gasteiger partial charge >= 0.3 is 0 Å². The van der Waals surface area contributed by atoms with Crippen LogP contribution in [0.3, 0.4) is 0 Å². The van der Waals surface area contributed by atoms with Crippen molar-refractivity contribution in [2.24, 2.45) is 0 Å². The predicted octanol–water partition coefficient (Wildman–Crippen LogP) is 3.35. The first-order valence-electron chi connectivity index (χ1n) is 5.88. The standard InChI is InChI=1S/C14H10ClFN2O2/c15-8-2-1-3-11(14(8)16)20-12-6-10-7(4-9(12)17)5-13(19)18-10/h1-4,6H,5,17H2,(H,18,19). The molecule has 1 aliphatic rings. The van der Waals surface area contributed by atoms with Gasteiger partial charge in [0, 0.05) is 11.8 Å². The molecule has 4 nitrogen and oxygen atoms in total. The largest absolute Gasteiger partial charge is 0.452 e. The monoisotopic (exact) mass is 292 g/mol. The van der Waals surface area contributed by atoms with E-state index >= 15 is 0 Å². The zero-order valence-corrected chi connectivity index (χ0v) is 11.0. The number of rotatable bonds is 2. The van der Waals surface area contributed by atoms with Crippen molar-refractivity contribution in [3.8, 4) is 11.5 Å². The van der Waals surface area contributed by atoms with E-state index < -0.39 is 5.82 Å². The molecule has 0 aliphatic carbocycles. The maximum atomic E-state index is 13.8. The summed E-state index contributed by atoms with van der Waals surface area (Å²) >= 11 is 5.69. The third kappa shape index (κ3) is 2.16. The lowest BCUT2D eigenvalue weighted by Crippen LogP contribution is -2.03. The second-order valence-corrected chi connectivity index (χ2v) is 4.83. The highest BCUT2D eigenvalue weighted by atomic mass is 35.5. The molecule has 0 saturated carbocycles. The van der Waals surface area contributed by atoms with Crippen molar-refractivity contribution in [1.29, 1.82) is 0 Å². The molecule has 20 heavy (non-hydrogen) atoms. The molecule has 0 aromatic heterocycles. The van der Waals surface area contributed by atoms with E-state index in [4.69, 9.17) is 22.1 Å². The molecule has 0 bridgehead atoms. The molecule has 6 heteroatoms. The van der Waals surface area contributed by atoms with Gasteiger partial charge in [-0.05, 0) is 23.8 Å². The Morgan fingerprint density at radius 3 is 2.90 bits per heavy atom. The van der Waals surface area contributed by atoms with Crippen LogP contribution < -0.4 is 15.8 Å². The predicted molar refractivity (Wildman–Crippen MR) is 74.7 cm³/mol. The van der Waals surface area contributed by atoms with Gasteiger partial charge in [0.25, 0.3) is 0 Å². The van der Waals surface area contributed by atoms with Crippen LogP contribution in [0.15, 0.2) is 30.3 Å². The van der Waals surface area contributed by atoms with Gasteiger partial charge in [-0.3, -0.25) is 4.79 Å². The molecule has 0 spiro atoms. The van der Waals surface area contributed by atoms with Crippen molar-refractivity contribution in [2.45, 2.75) is 6.42 Å². The Bertz CT molecular complexity index is 719. The molecule has 0 atom stereocenters. The highest BCUT2D eigenvalue weighted by Crippen LogP contribution is 2.37. The summed E-state index contributed by atoms with van der Waals surface area (Å²) in [5, 5.41) is 2.65. The Morgan fingerprint density at radius 2 is 2.10 bits per heavy atom. The van der Waals surface area contributed by atoms with E-state index in [1.165, 1.54) is 12.1 Å². The van der Waals surface area contributed by atoms with Crippen molar-refractivity contribution in [2.75, 3.05) is 11.1 Å². The van der Waals surface area contributed by atoms with Gasteiger partial charge in [0.1, 0.15) is 0 Å². The van der Waals surface area contributed by atoms with Crippen LogP contribution in [0.5, 0.6) is 11.5 Å². The molecule has 1 heterocycles. The minimum atomic E-state index is -0.655. The van der Waals surface area contributed by atoms with Gasteiger partial charge in [0.2, 0.25) is 5.91 Å². The van der Waals surface area contributed by atoms with Crippen molar-refractivity contribution >= 4 is 28.9 Å². The number of ether oxygens (including phenoxy) is 1. The molecule has 1 aliphatic heterocycles. The summed E-state index contributed by atoms with van der Waals surface area (Å²) in [6.45, 7) is 0. The number of nitrogens with two attached hydrogens (primary N) is 1.